The second-order valence-electron chi connectivity index (χ2n) is 9.49. The van der Waals surface area contributed by atoms with Crippen molar-refractivity contribution in [1.82, 2.24) is 15.5 Å². The highest BCUT2D eigenvalue weighted by atomic mass is 16.4. The van der Waals surface area contributed by atoms with Gasteiger partial charge in [0.15, 0.2) is 11.9 Å². The number of nitrogens with two attached hydrogens (primary N) is 4. The minimum Gasteiger partial charge on any atom is -0.508 e. The number of carboxylic acid groups (broad SMARTS) is 1. The molecule has 12 N–H and O–H groups in total. The molecule has 0 saturated heterocycles. The van der Waals surface area contributed by atoms with Gasteiger partial charge in [-0.25, -0.2) is 4.99 Å². The summed E-state index contributed by atoms with van der Waals surface area (Å²) < 4.78 is 5.31. The van der Waals surface area contributed by atoms with Gasteiger partial charge in [-0.1, -0.05) is 12.1 Å². The van der Waals surface area contributed by atoms with E-state index in [1.165, 1.54) is 12.1 Å². The third-order valence-electron chi connectivity index (χ3n) is 5.91. The van der Waals surface area contributed by atoms with Crippen LogP contribution in [-0.2, 0) is 32.0 Å². The van der Waals surface area contributed by atoms with Gasteiger partial charge in [-0.05, 0) is 49.6 Å². The van der Waals surface area contributed by atoms with E-state index in [2.05, 4.69) is 20.6 Å². The molecule has 16 heteroatoms. The minimum absolute atomic E-state index is 0.0706. The first kappa shape index (κ1) is 36.7. The molecule has 0 radical (unpaired) electrons. The van der Waals surface area contributed by atoms with Gasteiger partial charge >= 0.3 is 0 Å². The Balaban J connectivity index is 0.00000227. The topological polar surface area (TPSA) is 278 Å². The number of carbonyl (C=O) groups excluding carboxylic acids is 3. The zero-order valence-corrected chi connectivity index (χ0v) is 24.9. The fraction of sp³-hybridized carbons (Fsp3) is 0.429. The second-order valence-corrected chi connectivity index (χ2v) is 9.49. The number of phenols is 1. The largest absolute Gasteiger partial charge is 0.508 e. The Morgan fingerprint density at radius 3 is 2.23 bits per heavy atom. The average molecular weight is 618 g/mol. The number of nitrogens with one attached hydrogen (secondary N) is 2. The maximum Gasteiger partial charge on any atom is 0.300 e. The summed E-state index contributed by atoms with van der Waals surface area (Å²) in [7, 11) is 0. The van der Waals surface area contributed by atoms with Gasteiger partial charge in [-0.15, -0.1) is 0 Å². The van der Waals surface area contributed by atoms with Gasteiger partial charge in [-0.2, -0.15) is 0 Å². The van der Waals surface area contributed by atoms with E-state index in [0.717, 1.165) is 12.7 Å². The fourth-order valence-corrected chi connectivity index (χ4v) is 3.83. The predicted octanol–water partition coefficient (Wildman–Crippen LogP) is -0.994. The number of likely N-dealkylation sites (N-methyl/N-ethyl adjacent to an activating group) is 1. The van der Waals surface area contributed by atoms with Crippen molar-refractivity contribution in [3.05, 3.63) is 54.0 Å². The molecule has 0 aliphatic carbocycles. The summed E-state index contributed by atoms with van der Waals surface area (Å²) >= 11 is 0. The summed E-state index contributed by atoms with van der Waals surface area (Å²) in [6.07, 6.45) is 2.78. The number of benzene rings is 1. The lowest BCUT2D eigenvalue weighted by atomic mass is 10.0. The molecule has 1 aromatic heterocycles. The molecule has 16 nitrogen and oxygen atoms in total. The van der Waals surface area contributed by atoms with E-state index < -0.39 is 29.9 Å². The summed E-state index contributed by atoms with van der Waals surface area (Å²) in [6.45, 7) is 3.78. The van der Waals surface area contributed by atoms with E-state index in [1.807, 2.05) is 13.0 Å². The summed E-state index contributed by atoms with van der Waals surface area (Å²) in [6, 6.07) is 7.77. The third kappa shape index (κ3) is 15.6. The van der Waals surface area contributed by atoms with E-state index in [0.29, 0.717) is 31.5 Å². The molecule has 44 heavy (non-hydrogen) atoms. The molecule has 242 valence electrons. The zero-order chi connectivity index (χ0) is 33.1. The van der Waals surface area contributed by atoms with Gasteiger partial charge < -0.3 is 53.1 Å². The number of aromatic hydroxyl groups is 1. The maximum atomic E-state index is 13.2. The van der Waals surface area contributed by atoms with Crippen LogP contribution in [0.5, 0.6) is 5.75 Å². The lowest BCUT2D eigenvalue weighted by Gasteiger charge is -2.23. The van der Waals surface area contributed by atoms with Gasteiger partial charge in [0.05, 0.1) is 12.8 Å². The molecule has 0 aliphatic heterocycles. The summed E-state index contributed by atoms with van der Waals surface area (Å²) in [5, 5.41) is 22.2. The van der Waals surface area contributed by atoms with Crippen LogP contribution in [0.25, 0.3) is 0 Å². The second kappa shape index (κ2) is 19.8. The average Bonchev–Trinajstić information content (AvgIpc) is 3.47. The number of carboxylic acids is 1. The van der Waals surface area contributed by atoms with Crippen molar-refractivity contribution in [2.45, 2.75) is 51.6 Å². The van der Waals surface area contributed by atoms with Crippen LogP contribution in [0.2, 0.25) is 0 Å². The van der Waals surface area contributed by atoms with Crippen LogP contribution in [-0.4, -0.2) is 89.0 Å². The predicted molar refractivity (Wildman–Crippen MR) is 164 cm³/mol. The zero-order valence-electron chi connectivity index (χ0n) is 24.9. The number of aliphatic carboxylic acids is 1. The molecule has 0 fully saturated rings. The molecule has 2 atom stereocenters. The van der Waals surface area contributed by atoms with Crippen LogP contribution in [0.3, 0.4) is 0 Å². The molecule has 0 aliphatic rings. The Bertz CT molecular complexity index is 1240. The maximum absolute atomic E-state index is 13.2. The van der Waals surface area contributed by atoms with Crippen LogP contribution >= 0.6 is 0 Å². The molecule has 2 rings (SSSR count). The Kier molecular flexibility index (Phi) is 16.5. The first-order valence-corrected chi connectivity index (χ1v) is 13.8. The lowest BCUT2D eigenvalue weighted by molar-refractivity contribution is -0.134. The highest BCUT2D eigenvalue weighted by molar-refractivity contribution is 5.93. The van der Waals surface area contributed by atoms with Gasteiger partial charge in [0.25, 0.3) is 5.97 Å². The van der Waals surface area contributed by atoms with Crippen molar-refractivity contribution < 1.29 is 33.8 Å². The summed E-state index contributed by atoms with van der Waals surface area (Å²) in [5.74, 6) is -1.83. The van der Waals surface area contributed by atoms with Gasteiger partial charge in [0.1, 0.15) is 23.6 Å². The SMILES string of the molecule is CC(=O)O.CCN(CCc1ccco1)C(=O)CNC(=O)[C@@H](CCCN=C(N)N)NC(=O)[C@H](Cc1ccc(O)cc1)N=C(N)N. The fourth-order valence-electron chi connectivity index (χ4n) is 3.83. The van der Waals surface area contributed by atoms with Crippen molar-refractivity contribution in [2.24, 2.45) is 32.9 Å². The van der Waals surface area contributed by atoms with Crippen molar-refractivity contribution >= 4 is 35.6 Å². The van der Waals surface area contributed by atoms with Crippen LogP contribution in [0.4, 0.5) is 0 Å². The van der Waals surface area contributed by atoms with E-state index in [9.17, 15) is 19.5 Å². The third-order valence-corrected chi connectivity index (χ3v) is 5.91. The number of phenolic OH excluding ortho intramolecular Hbond substituents is 1. The quantitative estimate of drug-likeness (QED) is 0.0643. The van der Waals surface area contributed by atoms with Gasteiger partial charge in [-0.3, -0.25) is 24.2 Å². The Labute approximate surface area is 255 Å². The number of aliphatic imine (C=N–C) groups is 2. The number of guanidine groups is 2. The monoisotopic (exact) mass is 617 g/mol. The van der Waals surface area contributed by atoms with Crippen LogP contribution in [0.15, 0.2) is 57.1 Å². The minimum atomic E-state index is -1.04. The number of furan rings is 1. The van der Waals surface area contributed by atoms with Crippen molar-refractivity contribution in [2.75, 3.05) is 26.2 Å². The Hall–Kier alpha value is -5.28. The highest BCUT2D eigenvalue weighted by Crippen LogP contribution is 2.13. The van der Waals surface area contributed by atoms with Crippen LogP contribution < -0.4 is 33.6 Å². The number of amides is 3. The normalized spacial score (nSPS) is 11.5. The van der Waals surface area contributed by atoms with E-state index in [4.69, 9.17) is 37.3 Å². The van der Waals surface area contributed by atoms with E-state index in [-0.39, 0.29) is 49.5 Å². The first-order chi connectivity index (χ1) is 20.8. The highest BCUT2D eigenvalue weighted by Gasteiger charge is 2.26. The summed E-state index contributed by atoms with van der Waals surface area (Å²) in [4.78, 5) is 57.6. The van der Waals surface area contributed by atoms with Gasteiger partial charge in [0, 0.05) is 39.4 Å². The number of rotatable bonds is 16. The standard InChI is InChI=1S/C26H39N9O5.C2H4O2/c1-2-35(13-11-19-5-4-14-40-19)22(37)16-32-23(38)20(6-3-12-31-25(27)28)33-24(39)21(34-26(29)30)15-17-7-9-18(36)10-8-17;1-2(3)4/h4-5,7-10,14,20-21,36H,2-3,6,11-13,15-16H2,1H3,(H,32,38)(H,33,39)(H4,27,28,31)(H4,29,30,34);1H3,(H,3,4)/t20-,21+;/m1./s1. The molecular formula is C28H43N9O7. The molecule has 2 aromatic rings. The number of nitrogens with zero attached hydrogens (tertiary/aromatic N) is 3. The van der Waals surface area contributed by atoms with Crippen molar-refractivity contribution in [3.63, 3.8) is 0 Å². The smallest absolute Gasteiger partial charge is 0.300 e. The van der Waals surface area contributed by atoms with Crippen molar-refractivity contribution in [3.8, 4) is 5.75 Å². The molecule has 0 saturated carbocycles. The number of hydrogen-bond donors (Lipinski definition) is 8. The number of hydrogen-bond acceptors (Lipinski definition) is 8. The molecular weight excluding hydrogens is 574 g/mol. The molecule has 1 aromatic carbocycles. The molecule has 3 amide bonds. The number of carbonyl (C=O) groups is 4. The first-order valence-electron chi connectivity index (χ1n) is 13.8. The van der Waals surface area contributed by atoms with E-state index in [1.54, 1.807) is 29.4 Å². The van der Waals surface area contributed by atoms with Crippen LogP contribution in [0.1, 0.15) is 38.0 Å². The Morgan fingerprint density at radius 1 is 1.02 bits per heavy atom. The lowest BCUT2D eigenvalue weighted by Crippen LogP contribution is -2.52. The summed E-state index contributed by atoms with van der Waals surface area (Å²) in [5.41, 5.74) is 22.5. The molecule has 0 bridgehead atoms. The van der Waals surface area contributed by atoms with Crippen molar-refractivity contribution in [1.29, 1.82) is 0 Å². The molecule has 0 spiro atoms. The molecule has 0 unspecified atom stereocenters. The van der Waals surface area contributed by atoms with Gasteiger partial charge in [0.2, 0.25) is 17.7 Å². The van der Waals surface area contributed by atoms with E-state index >= 15 is 0 Å². The molecule has 1 heterocycles. The Morgan fingerprint density at radius 2 is 1.68 bits per heavy atom. The van der Waals surface area contributed by atoms with Crippen LogP contribution in [0, 0.1) is 0 Å².